The van der Waals surface area contributed by atoms with E-state index in [1.807, 2.05) is 13.8 Å². The molecule has 10 heteroatoms. The quantitative estimate of drug-likeness (QED) is 0.540. The number of nitrogens with zero attached hydrogens (tertiary/aromatic N) is 2. The number of benzene rings is 1. The van der Waals surface area contributed by atoms with Crippen LogP contribution in [-0.4, -0.2) is 47.1 Å². The van der Waals surface area contributed by atoms with Gasteiger partial charge in [0.1, 0.15) is 22.7 Å². The Bertz CT molecular complexity index is 1050. The molecule has 0 bridgehead atoms. The van der Waals surface area contributed by atoms with Crippen molar-refractivity contribution in [2.75, 3.05) is 19.5 Å². The van der Waals surface area contributed by atoms with Crippen molar-refractivity contribution in [1.82, 2.24) is 9.88 Å². The van der Waals surface area contributed by atoms with Crippen molar-refractivity contribution in [1.29, 1.82) is 0 Å². The maximum atomic E-state index is 15.2. The van der Waals surface area contributed by atoms with Gasteiger partial charge in [-0.25, -0.2) is 14.2 Å². The largest absolute Gasteiger partial charge is 0.497 e. The first-order valence-electron chi connectivity index (χ1n) is 10.0. The summed E-state index contributed by atoms with van der Waals surface area (Å²) in [6, 6.07) is 4.16. The Morgan fingerprint density at radius 1 is 1.34 bits per heavy atom. The molecule has 1 aromatic heterocycles. The Kier molecular flexibility index (Phi) is 7.08. The fourth-order valence-electron chi connectivity index (χ4n) is 3.64. The maximum Gasteiger partial charge on any atom is 0.326 e. The highest BCUT2D eigenvalue weighted by molar-refractivity contribution is 6.33. The molecule has 1 amide bonds. The minimum Gasteiger partial charge on any atom is -0.497 e. The topological polar surface area (TPSA) is 101 Å². The highest BCUT2D eigenvalue weighted by Crippen LogP contribution is 2.35. The van der Waals surface area contributed by atoms with Crippen molar-refractivity contribution in [3.8, 4) is 11.5 Å². The third kappa shape index (κ3) is 4.72. The van der Waals surface area contributed by atoms with E-state index in [-0.39, 0.29) is 47.5 Å². The number of ether oxygens (including phenoxy) is 2. The van der Waals surface area contributed by atoms with Gasteiger partial charge in [0.25, 0.3) is 5.91 Å². The van der Waals surface area contributed by atoms with E-state index < -0.39 is 23.7 Å². The number of nitrogens with one attached hydrogen (secondary N) is 1. The lowest BCUT2D eigenvalue weighted by Gasteiger charge is -2.18. The summed E-state index contributed by atoms with van der Waals surface area (Å²) in [5.41, 5.74) is 0.775. The van der Waals surface area contributed by atoms with E-state index in [1.54, 1.807) is 18.2 Å². The molecule has 0 fully saturated rings. The van der Waals surface area contributed by atoms with E-state index in [0.717, 1.165) is 0 Å². The second kappa shape index (κ2) is 9.60. The molecule has 1 atom stereocenters. The molecule has 3 rings (SSSR count). The Morgan fingerprint density at radius 2 is 2.06 bits per heavy atom. The van der Waals surface area contributed by atoms with Gasteiger partial charge in [0.15, 0.2) is 11.6 Å². The van der Waals surface area contributed by atoms with Crippen LogP contribution in [0.15, 0.2) is 18.2 Å². The number of hydrogen-bond donors (Lipinski definition) is 2. The number of carbonyl (C=O) groups excluding carboxylic acids is 1. The first kappa shape index (κ1) is 23.6. The van der Waals surface area contributed by atoms with E-state index in [4.69, 9.17) is 21.1 Å². The second-order valence-corrected chi connectivity index (χ2v) is 8.28. The molecule has 2 aromatic rings. The molecule has 1 aliphatic rings. The number of rotatable bonds is 9. The van der Waals surface area contributed by atoms with E-state index >= 15 is 4.39 Å². The molecule has 0 aliphatic carbocycles. The Morgan fingerprint density at radius 3 is 2.66 bits per heavy atom. The molecule has 2 heterocycles. The Labute approximate surface area is 190 Å². The number of carboxylic acid groups (broad SMARTS) is 1. The first-order valence-corrected chi connectivity index (χ1v) is 10.4. The third-order valence-corrected chi connectivity index (χ3v) is 5.49. The third-order valence-electron chi connectivity index (χ3n) is 5.21. The van der Waals surface area contributed by atoms with Gasteiger partial charge < -0.3 is 24.8 Å². The van der Waals surface area contributed by atoms with Crippen molar-refractivity contribution in [3.63, 3.8) is 0 Å². The monoisotopic (exact) mass is 465 g/mol. The molecule has 2 N–H and O–H groups in total. The SMILES string of the molecule is COc1ccc(CN2Cc3c(F)c(NC(CC(C)C)C(=O)O)nc(Cl)c3C2=O)c(OC)c1. The van der Waals surface area contributed by atoms with Crippen molar-refractivity contribution in [2.24, 2.45) is 5.92 Å². The van der Waals surface area contributed by atoms with Gasteiger partial charge in [-0.05, 0) is 24.5 Å². The van der Waals surface area contributed by atoms with Crippen molar-refractivity contribution in [2.45, 2.75) is 39.4 Å². The van der Waals surface area contributed by atoms with Crippen LogP contribution in [-0.2, 0) is 17.9 Å². The van der Waals surface area contributed by atoms with Crippen molar-refractivity contribution < 1.29 is 28.6 Å². The van der Waals surface area contributed by atoms with Crippen LogP contribution < -0.4 is 14.8 Å². The molecule has 0 saturated heterocycles. The van der Waals surface area contributed by atoms with Gasteiger partial charge in [-0.15, -0.1) is 0 Å². The number of aliphatic carboxylic acids is 1. The van der Waals surface area contributed by atoms with Gasteiger partial charge in [-0.2, -0.15) is 0 Å². The van der Waals surface area contributed by atoms with Crippen LogP contribution in [0.4, 0.5) is 10.2 Å². The number of fused-ring (bicyclic) bond motifs is 1. The predicted octanol–water partition coefficient (Wildman–Crippen LogP) is 3.96. The van der Waals surface area contributed by atoms with Gasteiger partial charge in [0.2, 0.25) is 0 Å². The summed E-state index contributed by atoms with van der Waals surface area (Å²) >= 11 is 6.22. The standard InChI is InChI=1S/C22H25ClFN3O5/c1-11(2)7-15(22(29)30)25-20-18(24)14-10-27(21(28)17(14)19(23)26-20)9-12-5-6-13(31-3)8-16(12)32-4/h5-6,8,11,15H,7,9-10H2,1-4H3,(H,25,26)(H,29,30). The molecule has 32 heavy (non-hydrogen) atoms. The summed E-state index contributed by atoms with van der Waals surface area (Å²) < 4.78 is 25.8. The molecule has 0 spiro atoms. The summed E-state index contributed by atoms with van der Waals surface area (Å²) in [6.07, 6.45) is 0.271. The number of pyridine rings is 1. The number of hydrogen-bond acceptors (Lipinski definition) is 6. The fourth-order valence-corrected chi connectivity index (χ4v) is 3.92. The number of methoxy groups -OCH3 is 2. The summed E-state index contributed by atoms with van der Waals surface area (Å²) in [6.45, 7) is 3.85. The van der Waals surface area contributed by atoms with Crippen LogP contribution in [0, 0.1) is 11.7 Å². The molecule has 0 radical (unpaired) electrons. The minimum atomic E-state index is -1.12. The molecular formula is C22H25ClFN3O5. The summed E-state index contributed by atoms with van der Waals surface area (Å²) in [7, 11) is 3.04. The van der Waals surface area contributed by atoms with Crippen LogP contribution in [0.1, 0.15) is 41.8 Å². The highest BCUT2D eigenvalue weighted by atomic mass is 35.5. The van der Waals surface area contributed by atoms with E-state index in [0.29, 0.717) is 17.1 Å². The Balaban J connectivity index is 1.89. The number of anilines is 1. The van der Waals surface area contributed by atoms with E-state index in [9.17, 15) is 14.7 Å². The fraction of sp³-hybridized carbons (Fsp3) is 0.409. The highest BCUT2D eigenvalue weighted by Gasteiger charge is 2.36. The molecular weight excluding hydrogens is 441 g/mol. The average Bonchev–Trinajstić information content (AvgIpc) is 3.07. The first-order chi connectivity index (χ1) is 15.2. The van der Waals surface area contributed by atoms with Crippen LogP contribution in [0.3, 0.4) is 0 Å². The van der Waals surface area contributed by atoms with Gasteiger partial charge in [0, 0.05) is 23.7 Å². The lowest BCUT2D eigenvalue weighted by atomic mass is 10.0. The predicted molar refractivity (Wildman–Crippen MR) is 117 cm³/mol. The number of carboxylic acids is 1. The number of carbonyl (C=O) groups is 2. The molecule has 1 aromatic carbocycles. The number of amides is 1. The summed E-state index contributed by atoms with van der Waals surface area (Å²) in [5.74, 6) is -1.45. The van der Waals surface area contributed by atoms with Gasteiger partial charge in [0.05, 0.1) is 26.3 Å². The van der Waals surface area contributed by atoms with Crippen LogP contribution in [0.5, 0.6) is 11.5 Å². The van der Waals surface area contributed by atoms with Gasteiger partial charge in [-0.1, -0.05) is 25.4 Å². The number of halogens is 2. The maximum absolute atomic E-state index is 15.2. The lowest BCUT2D eigenvalue weighted by Crippen LogP contribution is -2.31. The zero-order valence-corrected chi connectivity index (χ0v) is 19.0. The smallest absolute Gasteiger partial charge is 0.326 e. The normalized spacial score (nSPS) is 13.8. The second-order valence-electron chi connectivity index (χ2n) is 7.92. The zero-order valence-electron chi connectivity index (χ0n) is 18.2. The molecule has 1 unspecified atom stereocenters. The molecule has 0 saturated carbocycles. The van der Waals surface area contributed by atoms with Gasteiger partial charge >= 0.3 is 5.97 Å². The van der Waals surface area contributed by atoms with E-state index in [2.05, 4.69) is 10.3 Å². The molecule has 1 aliphatic heterocycles. The van der Waals surface area contributed by atoms with Crippen molar-refractivity contribution >= 4 is 29.3 Å². The minimum absolute atomic E-state index is 0.0158. The average molecular weight is 466 g/mol. The van der Waals surface area contributed by atoms with Crippen LogP contribution in [0.2, 0.25) is 5.15 Å². The molecule has 8 nitrogen and oxygen atoms in total. The number of aromatic nitrogens is 1. The summed E-state index contributed by atoms with van der Waals surface area (Å²) in [4.78, 5) is 29.9. The van der Waals surface area contributed by atoms with Crippen molar-refractivity contribution in [3.05, 3.63) is 45.9 Å². The molecule has 172 valence electrons. The van der Waals surface area contributed by atoms with E-state index in [1.165, 1.54) is 19.1 Å². The zero-order chi connectivity index (χ0) is 23.6. The van der Waals surface area contributed by atoms with Crippen LogP contribution >= 0.6 is 11.6 Å². The van der Waals surface area contributed by atoms with Gasteiger partial charge in [-0.3, -0.25) is 4.79 Å². The summed E-state index contributed by atoms with van der Waals surface area (Å²) in [5, 5.41) is 11.9. The lowest BCUT2D eigenvalue weighted by molar-refractivity contribution is -0.138. The Hall–Kier alpha value is -3.07. The van der Waals surface area contributed by atoms with Crippen LogP contribution in [0.25, 0.3) is 0 Å².